The van der Waals surface area contributed by atoms with Gasteiger partial charge in [0.05, 0.1) is 11.4 Å². The summed E-state index contributed by atoms with van der Waals surface area (Å²) in [5.74, 6) is -0.864. The SMILES string of the molecule is CCC(C(=O)NC(C)(C)C)N(Cc1ccc(Cl)cc1Cl)C(=O)CN(C)S(=O)(=O)c1ccc2ccccc2c1. The molecule has 0 spiro atoms. The van der Waals surface area contributed by atoms with Crippen LogP contribution in [0.15, 0.2) is 65.6 Å². The van der Waals surface area contributed by atoms with Gasteiger partial charge in [-0.15, -0.1) is 0 Å². The van der Waals surface area contributed by atoms with Crippen LogP contribution in [-0.4, -0.2) is 54.6 Å². The predicted octanol–water partition coefficient (Wildman–Crippen LogP) is 5.49. The molecule has 0 radical (unpaired) electrons. The van der Waals surface area contributed by atoms with Gasteiger partial charge in [0, 0.05) is 29.2 Å². The van der Waals surface area contributed by atoms with Crippen molar-refractivity contribution in [3.63, 3.8) is 0 Å². The van der Waals surface area contributed by atoms with E-state index in [9.17, 15) is 18.0 Å². The van der Waals surface area contributed by atoms with Gasteiger partial charge in [0.2, 0.25) is 21.8 Å². The van der Waals surface area contributed by atoms with E-state index in [0.29, 0.717) is 22.0 Å². The molecule has 0 aromatic heterocycles. The second-order valence-electron chi connectivity index (χ2n) is 10.2. The van der Waals surface area contributed by atoms with Crippen molar-refractivity contribution < 1.29 is 18.0 Å². The highest BCUT2D eigenvalue weighted by atomic mass is 35.5. The summed E-state index contributed by atoms with van der Waals surface area (Å²) in [6, 6.07) is 16.3. The molecule has 3 aromatic rings. The van der Waals surface area contributed by atoms with Gasteiger partial charge >= 0.3 is 0 Å². The maximum Gasteiger partial charge on any atom is 0.243 e. The van der Waals surface area contributed by atoms with E-state index in [1.54, 1.807) is 37.3 Å². The Morgan fingerprint density at radius 2 is 1.63 bits per heavy atom. The number of carbonyl (C=O) groups is 2. The fraction of sp³-hybridized carbons (Fsp3) is 0.357. The lowest BCUT2D eigenvalue weighted by atomic mass is 10.1. The molecular weight excluding hydrogens is 545 g/mol. The van der Waals surface area contributed by atoms with Gasteiger partial charge in [-0.25, -0.2) is 8.42 Å². The van der Waals surface area contributed by atoms with Gasteiger partial charge in [0.25, 0.3) is 0 Å². The molecule has 10 heteroatoms. The minimum atomic E-state index is -3.99. The van der Waals surface area contributed by atoms with Crippen LogP contribution in [0, 0.1) is 0 Å². The molecule has 0 aliphatic carbocycles. The fourth-order valence-corrected chi connectivity index (χ4v) is 5.70. The van der Waals surface area contributed by atoms with Crippen molar-refractivity contribution in [2.24, 2.45) is 0 Å². The highest BCUT2D eigenvalue weighted by molar-refractivity contribution is 7.89. The third-order valence-corrected chi connectivity index (χ3v) is 8.41. The Balaban J connectivity index is 1.92. The number of halogens is 2. The molecule has 1 atom stereocenters. The van der Waals surface area contributed by atoms with Gasteiger partial charge in [0.1, 0.15) is 6.04 Å². The molecule has 1 unspecified atom stereocenters. The van der Waals surface area contributed by atoms with E-state index < -0.39 is 34.1 Å². The Morgan fingerprint density at radius 3 is 2.24 bits per heavy atom. The molecular formula is C28H33Cl2N3O4S. The van der Waals surface area contributed by atoms with Crippen LogP contribution in [0.5, 0.6) is 0 Å². The number of sulfonamides is 1. The number of rotatable bonds is 9. The molecule has 0 bridgehead atoms. The zero-order valence-electron chi connectivity index (χ0n) is 22.2. The first kappa shape index (κ1) is 29.9. The Hall–Kier alpha value is -2.65. The minimum absolute atomic E-state index is 0.00870. The summed E-state index contributed by atoms with van der Waals surface area (Å²) in [5, 5.41) is 5.39. The molecule has 0 fully saturated rings. The Morgan fingerprint density at radius 1 is 0.974 bits per heavy atom. The maximum atomic E-state index is 13.7. The number of likely N-dealkylation sites (N-methyl/N-ethyl adjacent to an activating group) is 1. The molecule has 3 rings (SSSR count). The third-order valence-electron chi connectivity index (χ3n) is 6.03. The first-order valence-corrected chi connectivity index (χ1v) is 14.4. The molecule has 0 saturated carbocycles. The molecule has 204 valence electrons. The van der Waals surface area contributed by atoms with Gasteiger partial charge in [-0.3, -0.25) is 9.59 Å². The average molecular weight is 579 g/mol. The third kappa shape index (κ3) is 7.26. The monoisotopic (exact) mass is 577 g/mol. The highest BCUT2D eigenvalue weighted by Crippen LogP contribution is 2.25. The number of nitrogens with zero attached hydrogens (tertiary/aromatic N) is 2. The Kier molecular flexibility index (Phi) is 9.47. The lowest BCUT2D eigenvalue weighted by Gasteiger charge is -2.34. The summed E-state index contributed by atoms with van der Waals surface area (Å²) in [6.07, 6.45) is 0.319. The van der Waals surface area contributed by atoms with Crippen molar-refractivity contribution >= 4 is 55.8 Å². The number of nitrogens with one attached hydrogen (secondary N) is 1. The number of hydrogen-bond donors (Lipinski definition) is 1. The van der Waals surface area contributed by atoms with Gasteiger partial charge in [-0.2, -0.15) is 4.31 Å². The molecule has 0 aliphatic rings. The molecule has 2 amide bonds. The van der Waals surface area contributed by atoms with Crippen LogP contribution in [0.25, 0.3) is 10.8 Å². The quantitative estimate of drug-likeness (QED) is 0.364. The molecule has 0 saturated heterocycles. The molecule has 0 aliphatic heterocycles. The van der Waals surface area contributed by atoms with Crippen LogP contribution in [0.1, 0.15) is 39.7 Å². The lowest BCUT2D eigenvalue weighted by Crippen LogP contribution is -2.55. The van der Waals surface area contributed by atoms with Crippen LogP contribution in [0.2, 0.25) is 10.0 Å². The number of benzene rings is 3. The lowest BCUT2D eigenvalue weighted by molar-refractivity contribution is -0.142. The van der Waals surface area contributed by atoms with Crippen molar-refractivity contribution in [3.8, 4) is 0 Å². The van der Waals surface area contributed by atoms with E-state index in [1.807, 2.05) is 45.0 Å². The van der Waals surface area contributed by atoms with E-state index >= 15 is 0 Å². The van der Waals surface area contributed by atoms with Crippen molar-refractivity contribution in [2.45, 2.75) is 57.1 Å². The van der Waals surface area contributed by atoms with E-state index in [-0.39, 0.29) is 17.3 Å². The van der Waals surface area contributed by atoms with E-state index in [1.165, 1.54) is 18.0 Å². The van der Waals surface area contributed by atoms with Crippen LogP contribution < -0.4 is 5.32 Å². The van der Waals surface area contributed by atoms with Gasteiger partial charge < -0.3 is 10.2 Å². The summed E-state index contributed by atoms with van der Waals surface area (Å²) < 4.78 is 27.8. The zero-order valence-corrected chi connectivity index (χ0v) is 24.5. The molecule has 38 heavy (non-hydrogen) atoms. The smallest absolute Gasteiger partial charge is 0.243 e. The Labute approximate surface area is 234 Å². The summed E-state index contributed by atoms with van der Waals surface area (Å²) in [6.45, 7) is 6.90. The van der Waals surface area contributed by atoms with Crippen molar-refractivity contribution in [3.05, 3.63) is 76.3 Å². The zero-order chi connectivity index (χ0) is 28.3. The summed E-state index contributed by atoms with van der Waals surface area (Å²) >= 11 is 12.4. The van der Waals surface area contributed by atoms with Crippen LogP contribution in [0.4, 0.5) is 0 Å². The van der Waals surface area contributed by atoms with Crippen molar-refractivity contribution in [1.82, 2.24) is 14.5 Å². The second-order valence-corrected chi connectivity index (χ2v) is 13.1. The van der Waals surface area contributed by atoms with Crippen LogP contribution in [-0.2, 0) is 26.2 Å². The minimum Gasteiger partial charge on any atom is -0.350 e. The summed E-state index contributed by atoms with van der Waals surface area (Å²) in [4.78, 5) is 28.3. The first-order chi connectivity index (χ1) is 17.7. The van der Waals surface area contributed by atoms with Crippen LogP contribution in [0.3, 0.4) is 0 Å². The second kappa shape index (κ2) is 12.0. The number of hydrogen-bond acceptors (Lipinski definition) is 4. The standard InChI is InChI=1S/C28H33Cl2N3O4S/c1-6-25(27(35)31-28(2,3)4)33(17-21-11-13-22(29)16-24(21)30)26(34)18-32(5)38(36,37)23-14-12-19-9-7-8-10-20(19)15-23/h7-16,25H,6,17-18H2,1-5H3,(H,31,35). The van der Waals surface area contributed by atoms with Crippen molar-refractivity contribution in [2.75, 3.05) is 13.6 Å². The molecule has 3 aromatic carbocycles. The van der Waals surface area contributed by atoms with Gasteiger partial charge in [-0.05, 0) is 67.8 Å². The first-order valence-electron chi connectivity index (χ1n) is 12.2. The van der Waals surface area contributed by atoms with E-state index in [4.69, 9.17) is 23.2 Å². The largest absolute Gasteiger partial charge is 0.350 e. The van der Waals surface area contributed by atoms with E-state index in [2.05, 4.69) is 5.32 Å². The fourth-order valence-electron chi connectivity index (χ4n) is 4.08. The normalized spacial score (nSPS) is 12.9. The molecule has 1 N–H and O–H groups in total. The van der Waals surface area contributed by atoms with Gasteiger partial charge in [-0.1, -0.05) is 66.5 Å². The Bertz CT molecular complexity index is 1440. The molecule has 7 nitrogen and oxygen atoms in total. The number of amides is 2. The van der Waals surface area contributed by atoms with Crippen LogP contribution >= 0.6 is 23.2 Å². The number of fused-ring (bicyclic) bond motifs is 1. The molecule has 0 heterocycles. The average Bonchev–Trinajstić information content (AvgIpc) is 2.83. The highest BCUT2D eigenvalue weighted by Gasteiger charge is 2.33. The van der Waals surface area contributed by atoms with E-state index in [0.717, 1.165) is 15.1 Å². The topological polar surface area (TPSA) is 86.8 Å². The maximum absolute atomic E-state index is 13.7. The predicted molar refractivity (Wildman–Crippen MR) is 153 cm³/mol. The summed E-state index contributed by atoms with van der Waals surface area (Å²) in [7, 11) is -2.63. The van der Waals surface area contributed by atoms with Crippen molar-refractivity contribution in [1.29, 1.82) is 0 Å². The van der Waals surface area contributed by atoms with Gasteiger partial charge in [0.15, 0.2) is 0 Å². The number of carbonyl (C=O) groups excluding carboxylic acids is 2. The summed E-state index contributed by atoms with van der Waals surface area (Å²) in [5.41, 5.74) is 0.0688.